The van der Waals surface area contributed by atoms with Crippen LogP contribution in [0.15, 0.2) is 9.98 Å². The summed E-state index contributed by atoms with van der Waals surface area (Å²) in [5.41, 5.74) is -0.531. The number of hydrogen-bond acceptors (Lipinski definition) is 4. The van der Waals surface area contributed by atoms with E-state index in [9.17, 15) is 4.79 Å². The molecule has 1 rings (SSSR count). The fraction of sp³-hybridized carbons (Fsp3) is 0.400. The monoisotopic (exact) mass is 160 g/mol. The molecule has 0 aromatic heterocycles. The van der Waals surface area contributed by atoms with Crippen molar-refractivity contribution < 1.29 is 9.53 Å². The van der Waals surface area contributed by atoms with Gasteiger partial charge in [0.05, 0.1) is 7.11 Å². The molecule has 0 radical (unpaired) electrons. The zero-order chi connectivity index (χ0) is 7.56. The summed E-state index contributed by atoms with van der Waals surface area (Å²) in [5, 5.41) is 0. The maximum absolute atomic E-state index is 10.7. The summed E-state index contributed by atoms with van der Waals surface area (Å²) in [6.45, 7) is 0. The minimum atomic E-state index is -0.674. The highest BCUT2D eigenvalue weighted by Gasteiger charge is 2.22. The van der Waals surface area contributed by atoms with E-state index in [1.165, 1.54) is 13.4 Å². The molecule has 1 unspecified atom stereocenters. The third-order valence-corrected chi connectivity index (χ3v) is 1.33. The van der Waals surface area contributed by atoms with Gasteiger partial charge in [-0.25, -0.2) is 14.8 Å². The molecule has 0 saturated heterocycles. The molecule has 0 bridgehead atoms. The standard InChI is InChI=1S/C5H5ClN2O2/c1-10-5(9)3-4(6)8-2-7-3/h2,4H,1H3. The molecule has 1 aliphatic heterocycles. The number of esters is 1. The summed E-state index contributed by atoms with van der Waals surface area (Å²) in [4.78, 5) is 17.9. The SMILES string of the molecule is COC(=O)C1=NC=NC1Cl. The van der Waals surface area contributed by atoms with Gasteiger partial charge in [-0.3, -0.25) is 0 Å². The predicted octanol–water partition coefficient (Wildman–Crippen LogP) is 0.207. The van der Waals surface area contributed by atoms with Crippen molar-refractivity contribution in [3.63, 3.8) is 0 Å². The second-order valence-corrected chi connectivity index (χ2v) is 2.02. The first-order valence-corrected chi connectivity index (χ1v) is 3.01. The number of methoxy groups -OCH3 is 1. The van der Waals surface area contributed by atoms with Gasteiger partial charge in [-0.05, 0) is 0 Å². The van der Waals surface area contributed by atoms with Gasteiger partial charge >= 0.3 is 5.97 Å². The van der Waals surface area contributed by atoms with Gasteiger partial charge in [-0.15, -0.1) is 0 Å². The van der Waals surface area contributed by atoms with Crippen molar-refractivity contribution in [2.24, 2.45) is 9.98 Å². The summed E-state index contributed by atoms with van der Waals surface area (Å²) in [6, 6.07) is 0. The molecule has 1 heterocycles. The zero-order valence-electron chi connectivity index (χ0n) is 5.24. The van der Waals surface area contributed by atoms with Crippen molar-refractivity contribution in [1.82, 2.24) is 0 Å². The molecule has 0 aromatic carbocycles. The van der Waals surface area contributed by atoms with Crippen LogP contribution in [0.25, 0.3) is 0 Å². The van der Waals surface area contributed by atoms with E-state index in [-0.39, 0.29) is 5.71 Å². The number of nitrogens with zero attached hydrogens (tertiary/aromatic N) is 2. The van der Waals surface area contributed by atoms with Gasteiger partial charge in [0.2, 0.25) is 0 Å². The van der Waals surface area contributed by atoms with E-state index in [2.05, 4.69) is 14.7 Å². The quantitative estimate of drug-likeness (QED) is 0.313. The van der Waals surface area contributed by atoms with Gasteiger partial charge in [-0.2, -0.15) is 0 Å². The van der Waals surface area contributed by atoms with Crippen LogP contribution in [0.1, 0.15) is 0 Å². The third-order valence-electron chi connectivity index (χ3n) is 1.01. The molecule has 54 valence electrons. The van der Waals surface area contributed by atoms with E-state index in [0.29, 0.717) is 0 Å². The van der Waals surface area contributed by atoms with Gasteiger partial charge in [0.25, 0.3) is 0 Å². The second kappa shape index (κ2) is 2.79. The van der Waals surface area contributed by atoms with Gasteiger partial charge in [0.1, 0.15) is 6.34 Å². The normalized spacial score (nSPS) is 22.6. The van der Waals surface area contributed by atoms with Crippen LogP contribution in [-0.4, -0.2) is 30.6 Å². The highest BCUT2D eigenvalue weighted by atomic mass is 35.5. The zero-order valence-corrected chi connectivity index (χ0v) is 6.00. The number of carbonyl (C=O) groups is 1. The molecule has 1 aliphatic rings. The lowest BCUT2D eigenvalue weighted by molar-refractivity contribution is -0.132. The molecule has 0 saturated carbocycles. The van der Waals surface area contributed by atoms with E-state index >= 15 is 0 Å². The molecule has 0 aromatic rings. The molecule has 0 aliphatic carbocycles. The summed E-state index contributed by atoms with van der Waals surface area (Å²) < 4.78 is 4.37. The van der Waals surface area contributed by atoms with Crippen molar-refractivity contribution in [3.05, 3.63) is 0 Å². The average molecular weight is 161 g/mol. The number of carbonyl (C=O) groups excluding carboxylic acids is 1. The predicted molar refractivity (Wildman–Crippen MR) is 37.6 cm³/mol. The van der Waals surface area contributed by atoms with Crippen LogP contribution in [0.5, 0.6) is 0 Å². The van der Waals surface area contributed by atoms with Crippen LogP contribution in [0.4, 0.5) is 0 Å². The molecular formula is C5H5ClN2O2. The summed E-state index contributed by atoms with van der Waals surface area (Å²) in [6.07, 6.45) is 1.24. The van der Waals surface area contributed by atoms with Crippen molar-refractivity contribution in [2.75, 3.05) is 7.11 Å². The first-order valence-electron chi connectivity index (χ1n) is 2.57. The van der Waals surface area contributed by atoms with Crippen molar-refractivity contribution in [3.8, 4) is 0 Å². The van der Waals surface area contributed by atoms with Crippen LogP contribution in [0.3, 0.4) is 0 Å². The van der Waals surface area contributed by atoms with E-state index < -0.39 is 11.5 Å². The van der Waals surface area contributed by atoms with E-state index in [1.54, 1.807) is 0 Å². The first-order chi connectivity index (χ1) is 4.75. The van der Waals surface area contributed by atoms with Crippen LogP contribution >= 0.6 is 11.6 Å². The Morgan fingerprint density at radius 1 is 1.90 bits per heavy atom. The van der Waals surface area contributed by atoms with Crippen LogP contribution < -0.4 is 0 Å². The van der Waals surface area contributed by atoms with Crippen molar-refractivity contribution in [1.29, 1.82) is 0 Å². The fourth-order valence-corrected chi connectivity index (χ4v) is 0.737. The topological polar surface area (TPSA) is 51.0 Å². The number of halogens is 1. The smallest absolute Gasteiger partial charge is 0.356 e. The first kappa shape index (κ1) is 7.21. The number of alkyl halides is 1. The number of rotatable bonds is 1. The van der Waals surface area contributed by atoms with Gasteiger partial charge in [-0.1, -0.05) is 11.6 Å². The lowest BCUT2D eigenvalue weighted by Crippen LogP contribution is -2.21. The Kier molecular flexibility index (Phi) is 2.01. The van der Waals surface area contributed by atoms with Crippen molar-refractivity contribution in [2.45, 2.75) is 5.50 Å². The Morgan fingerprint density at radius 3 is 3.00 bits per heavy atom. The number of aliphatic imine (C=N–C) groups is 2. The summed E-state index contributed by atoms with van der Waals surface area (Å²) in [5.74, 6) is -0.530. The molecule has 0 spiro atoms. The Morgan fingerprint density at radius 2 is 2.60 bits per heavy atom. The van der Waals surface area contributed by atoms with Crippen LogP contribution in [-0.2, 0) is 9.53 Å². The number of ether oxygens (including phenoxy) is 1. The third kappa shape index (κ3) is 1.16. The van der Waals surface area contributed by atoms with Gasteiger partial charge < -0.3 is 4.74 Å². The molecule has 4 nitrogen and oxygen atoms in total. The Balaban J connectivity index is 2.68. The lowest BCUT2D eigenvalue weighted by Gasteiger charge is -1.98. The summed E-state index contributed by atoms with van der Waals surface area (Å²) in [7, 11) is 1.27. The minimum absolute atomic E-state index is 0.143. The largest absolute Gasteiger partial charge is 0.464 e. The second-order valence-electron chi connectivity index (χ2n) is 1.61. The lowest BCUT2D eigenvalue weighted by atomic mass is 10.4. The van der Waals surface area contributed by atoms with Crippen LogP contribution in [0.2, 0.25) is 0 Å². The van der Waals surface area contributed by atoms with Gasteiger partial charge in [0, 0.05) is 0 Å². The molecular weight excluding hydrogens is 156 g/mol. The van der Waals surface area contributed by atoms with Crippen molar-refractivity contribution >= 4 is 29.6 Å². The maximum Gasteiger partial charge on any atom is 0.356 e. The molecule has 1 atom stereocenters. The van der Waals surface area contributed by atoms with E-state index in [0.717, 1.165) is 0 Å². The van der Waals surface area contributed by atoms with Crippen LogP contribution in [0, 0.1) is 0 Å². The Labute approximate surface area is 62.6 Å². The fourth-order valence-electron chi connectivity index (χ4n) is 0.541. The van der Waals surface area contributed by atoms with E-state index in [1.807, 2.05) is 0 Å². The molecule has 0 N–H and O–H groups in total. The highest BCUT2D eigenvalue weighted by Crippen LogP contribution is 2.06. The van der Waals surface area contributed by atoms with Gasteiger partial charge in [0.15, 0.2) is 11.2 Å². The molecule has 0 fully saturated rings. The highest BCUT2D eigenvalue weighted by molar-refractivity contribution is 6.51. The maximum atomic E-state index is 10.7. The molecule has 0 amide bonds. The average Bonchev–Trinajstić information content (AvgIpc) is 2.34. The summed E-state index contributed by atoms with van der Waals surface area (Å²) >= 11 is 5.52. The van der Waals surface area contributed by atoms with E-state index in [4.69, 9.17) is 11.6 Å². The molecule has 5 heteroatoms. The Bertz CT molecular complexity index is 212. The number of hydrogen-bond donors (Lipinski definition) is 0. The Hall–Kier alpha value is -0.900. The minimum Gasteiger partial charge on any atom is -0.464 e. The molecule has 10 heavy (non-hydrogen) atoms.